The molecule has 0 N–H and O–H groups in total. The van der Waals surface area contributed by atoms with Crippen LogP contribution in [0.2, 0.25) is 0 Å². The highest BCUT2D eigenvalue weighted by molar-refractivity contribution is 5.95. The molecule has 2 aliphatic heterocycles. The molecule has 0 bridgehead atoms. The minimum absolute atomic E-state index is 0.182. The molecule has 2 aromatic carbocycles. The van der Waals surface area contributed by atoms with Crippen LogP contribution in [0, 0.1) is 11.3 Å². The number of likely N-dealkylation sites (tertiary alicyclic amines) is 1. The molecule has 0 aromatic heterocycles. The molecule has 194 valence electrons. The van der Waals surface area contributed by atoms with E-state index in [9.17, 15) is 4.79 Å². The number of carbonyl (C=O) groups is 1. The van der Waals surface area contributed by atoms with Gasteiger partial charge in [-0.05, 0) is 86.1 Å². The fraction of sp³-hybridized carbons (Fsp3) is 0.581. The molecule has 0 radical (unpaired) electrons. The van der Waals surface area contributed by atoms with Gasteiger partial charge < -0.3 is 14.5 Å². The first-order chi connectivity index (χ1) is 17.5. The Morgan fingerprint density at radius 3 is 2.58 bits per heavy atom. The molecular weight excluding hydrogens is 446 g/mol. The van der Waals surface area contributed by atoms with Gasteiger partial charge in [-0.3, -0.25) is 9.69 Å². The number of benzene rings is 2. The molecule has 2 fully saturated rings. The van der Waals surface area contributed by atoms with Crippen molar-refractivity contribution >= 4 is 11.6 Å². The van der Waals surface area contributed by atoms with Gasteiger partial charge >= 0.3 is 0 Å². The van der Waals surface area contributed by atoms with Crippen LogP contribution in [-0.2, 0) is 6.42 Å². The van der Waals surface area contributed by atoms with Gasteiger partial charge in [-0.2, -0.15) is 0 Å². The fourth-order valence-electron chi connectivity index (χ4n) is 6.10. The zero-order valence-electron chi connectivity index (χ0n) is 22.3. The first kappa shape index (κ1) is 25.1. The molecule has 1 amide bonds. The van der Waals surface area contributed by atoms with E-state index >= 15 is 0 Å². The van der Waals surface area contributed by atoms with Crippen molar-refractivity contribution in [3.8, 4) is 5.75 Å². The summed E-state index contributed by atoms with van der Waals surface area (Å²) >= 11 is 0. The highest BCUT2D eigenvalue weighted by Crippen LogP contribution is 2.40. The smallest absolute Gasteiger partial charge is 0.253 e. The number of rotatable bonds is 4. The molecule has 1 saturated carbocycles. The van der Waals surface area contributed by atoms with Crippen LogP contribution in [0.1, 0.15) is 60.9 Å². The van der Waals surface area contributed by atoms with E-state index < -0.39 is 0 Å². The minimum atomic E-state index is 0.182. The van der Waals surface area contributed by atoms with Crippen LogP contribution in [0.5, 0.6) is 5.75 Å². The normalized spacial score (nSPS) is 21.1. The Bertz CT molecular complexity index is 1020. The monoisotopic (exact) mass is 489 g/mol. The summed E-state index contributed by atoms with van der Waals surface area (Å²) in [5, 5.41) is 0. The highest BCUT2D eigenvalue weighted by Gasteiger charge is 2.38. The molecule has 2 heterocycles. The Balaban J connectivity index is 1.27. The van der Waals surface area contributed by atoms with Crippen LogP contribution in [0.4, 0.5) is 5.69 Å². The predicted octanol–water partition coefficient (Wildman–Crippen LogP) is 5.49. The third-order valence-corrected chi connectivity index (χ3v) is 8.53. The van der Waals surface area contributed by atoms with E-state index in [1.165, 1.54) is 44.2 Å². The van der Waals surface area contributed by atoms with Crippen LogP contribution in [-0.4, -0.2) is 69.1 Å². The average Bonchev–Trinajstić information content (AvgIpc) is 3.71. The second kappa shape index (κ2) is 11.2. The van der Waals surface area contributed by atoms with Crippen LogP contribution < -0.4 is 9.64 Å². The third kappa shape index (κ3) is 6.23. The fourth-order valence-corrected chi connectivity index (χ4v) is 6.10. The Morgan fingerprint density at radius 1 is 1.00 bits per heavy atom. The lowest BCUT2D eigenvalue weighted by Gasteiger charge is -2.45. The number of piperidine rings is 1. The Kier molecular flexibility index (Phi) is 7.85. The van der Waals surface area contributed by atoms with E-state index in [2.05, 4.69) is 45.0 Å². The number of amides is 1. The zero-order chi connectivity index (χ0) is 25.0. The number of fused-ring (bicyclic) bond motifs is 1. The third-order valence-electron chi connectivity index (χ3n) is 8.53. The Labute approximate surface area is 217 Å². The summed E-state index contributed by atoms with van der Waals surface area (Å²) in [6.07, 6.45) is 9.74. The molecule has 36 heavy (non-hydrogen) atoms. The van der Waals surface area contributed by atoms with Gasteiger partial charge in [0.1, 0.15) is 12.4 Å². The molecular formula is C31H43N3O2. The zero-order valence-corrected chi connectivity index (χ0v) is 22.3. The van der Waals surface area contributed by atoms with Crippen molar-refractivity contribution in [2.45, 2.75) is 51.4 Å². The molecule has 1 aliphatic carbocycles. The second-order valence-corrected chi connectivity index (χ2v) is 11.6. The van der Waals surface area contributed by atoms with Gasteiger partial charge in [-0.1, -0.05) is 30.7 Å². The minimum Gasteiger partial charge on any atom is -0.492 e. The van der Waals surface area contributed by atoms with Crippen molar-refractivity contribution in [1.82, 2.24) is 9.80 Å². The van der Waals surface area contributed by atoms with Gasteiger partial charge in [-0.15, -0.1) is 0 Å². The Morgan fingerprint density at radius 2 is 1.81 bits per heavy atom. The summed E-state index contributed by atoms with van der Waals surface area (Å²) in [6.45, 7) is 5.82. The molecule has 5 nitrogen and oxygen atoms in total. The van der Waals surface area contributed by atoms with E-state index in [0.717, 1.165) is 75.0 Å². The maximum Gasteiger partial charge on any atom is 0.253 e. The number of hydrogen-bond donors (Lipinski definition) is 0. The van der Waals surface area contributed by atoms with Gasteiger partial charge in [0.05, 0.1) is 0 Å². The standard InChI is InChI=1S/C31H43N3O2/c1-32(2)28-11-7-10-27(22-28)30(35)34-18-16-31(17-19-34)15-6-5-9-26-8-3-4-12-29(26)36-21-20-33(24-31)23-25-13-14-25/h3-4,7-8,10-12,22,25H,5-6,9,13-21,23-24H2,1-2H3. The Hall–Kier alpha value is -2.53. The number of carbonyl (C=O) groups excluding carboxylic acids is 1. The number of nitrogens with zero attached hydrogens (tertiary/aromatic N) is 3. The van der Waals surface area contributed by atoms with E-state index in [1.807, 2.05) is 32.3 Å². The first-order valence-electron chi connectivity index (χ1n) is 14.0. The van der Waals surface area contributed by atoms with Crippen molar-refractivity contribution in [3.63, 3.8) is 0 Å². The van der Waals surface area contributed by atoms with Crippen molar-refractivity contribution in [3.05, 3.63) is 59.7 Å². The SMILES string of the molecule is CN(C)c1cccc(C(=O)N2CCC3(CCCCc4ccccc4OCCN(CC4CC4)C3)CC2)c1. The summed E-state index contributed by atoms with van der Waals surface area (Å²) in [6, 6.07) is 16.6. The quantitative estimate of drug-likeness (QED) is 0.569. The van der Waals surface area contributed by atoms with Gasteiger partial charge in [0, 0.05) is 58.1 Å². The second-order valence-electron chi connectivity index (χ2n) is 11.6. The molecule has 5 rings (SSSR count). The predicted molar refractivity (Wildman–Crippen MR) is 147 cm³/mol. The lowest BCUT2D eigenvalue weighted by atomic mass is 9.73. The number of para-hydroxylation sites is 1. The van der Waals surface area contributed by atoms with E-state index in [-0.39, 0.29) is 5.91 Å². The largest absolute Gasteiger partial charge is 0.492 e. The lowest BCUT2D eigenvalue weighted by Crippen LogP contribution is -2.49. The van der Waals surface area contributed by atoms with Crippen LogP contribution in [0.25, 0.3) is 0 Å². The van der Waals surface area contributed by atoms with Crippen molar-refractivity contribution < 1.29 is 9.53 Å². The number of aryl methyl sites for hydroxylation is 1. The van der Waals surface area contributed by atoms with Gasteiger partial charge in [0.2, 0.25) is 0 Å². The summed E-state index contributed by atoms with van der Waals surface area (Å²) in [4.78, 5) is 20.2. The molecule has 2 aromatic rings. The summed E-state index contributed by atoms with van der Waals surface area (Å²) < 4.78 is 6.29. The molecule has 3 aliphatic rings. The van der Waals surface area contributed by atoms with Crippen LogP contribution >= 0.6 is 0 Å². The summed E-state index contributed by atoms with van der Waals surface area (Å²) in [5.41, 5.74) is 3.53. The van der Waals surface area contributed by atoms with E-state index in [0.29, 0.717) is 5.41 Å². The van der Waals surface area contributed by atoms with Crippen molar-refractivity contribution in [1.29, 1.82) is 0 Å². The highest BCUT2D eigenvalue weighted by atomic mass is 16.5. The van der Waals surface area contributed by atoms with Gasteiger partial charge in [-0.25, -0.2) is 0 Å². The van der Waals surface area contributed by atoms with Gasteiger partial charge in [0.15, 0.2) is 0 Å². The number of ether oxygens (including phenoxy) is 1. The number of anilines is 1. The molecule has 0 atom stereocenters. The summed E-state index contributed by atoms with van der Waals surface area (Å²) in [7, 11) is 4.05. The van der Waals surface area contributed by atoms with Gasteiger partial charge in [0.25, 0.3) is 5.91 Å². The van der Waals surface area contributed by atoms with Crippen LogP contribution in [0.15, 0.2) is 48.5 Å². The maximum atomic E-state index is 13.4. The topological polar surface area (TPSA) is 36.0 Å². The van der Waals surface area contributed by atoms with Crippen LogP contribution in [0.3, 0.4) is 0 Å². The summed E-state index contributed by atoms with van der Waals surface area (Å²) in [5.74, 6) is 2.12. The van der Waals surface area contributed by atoms with E-state index in [1.54, 1.807) is 0 Å². The van der Waals surface area contributed by atoms with Crippen molar-refractivity contribution in [2.75, 3.05) is 58.3 Å². The first-order valence-corrected chi connectivity index (χ1v) is 14.0. The van der Waals surface area contributed by atoms with E-state index in [4.69, 9.17) is 4.74 Å². The van der Waals surface area contributed by atoms with Crippen molar-refractivity contribution in [2.24, 2.45) is 11.3 Å². The molecule has 0 unspecified atom stereocenters. The number of hydrogen-bond acceptors (Lipinski definition) is 4. The maximum absolute atomic E-state index is 13.4. The molecule has 1 spiro atoms. The average molecular weight is 490 g/mol. The molecule has 1 saturated heterocycles. The lowest BCUT2D eigenvalue weighted by molar-refractivity contribution is 0.0368. The molecule has 5 heteroatoms.